The third kappa shape index (κ3) is 4.91. The van der Waals surface area contributed by atoms with E-state index in [1.165, 1.54) is 23.9 Å². The molecule has 1 fully saturated rings. The maximum Gasteiger partial charge on any atom is 0.139 e. The predicted octanol–water partition coefficient (Wildman–Crippen LogP) is 4.94. The van der Waals surface area contributed by atoms with Gasteiger partial charge in [0.05, 0.1) is 23.1 Å². The summed E-state index contributed by atoms with van der Waals surface area (Å²) in [5.74, 6) is 1.16. The van der Waals surface area contributed by atoms with E-state index in [1.807, 2.05) is 6.20 Å². The van der Waals surface area contributed by atoms with Gasteiger partial charge in [0.2, 0.25) is 0 Å². The molecule has 5 rings (SSSR count). The molecule has 1 saturated heterocycles. The molecule has 0 unspecified atom stereocenters. The van der Waals surface area contributed by atoms with Gasteiger partial charge in [-0.05, 0) is 82.9 Å². The third-order valence-corrected chi connectivity index (χ3v) is 8.15. The summed E-state index contributed by atoms with van der Waals surface area (Å²) in [5, 5.41) is 8.38. The molecule has 0 saturated carbocycles. The molecular weight excluding hydrogens is 446 g/mol. The first-order valence-electron chi connectivity index (χ1n) is 13.7. The van der Waals surface area contributed by atoms with Crippen LogP contribution in [0.1, 0.15) is 74.1 Å². The molecule has 3 aromatic heterocycles. The molecule has 0 aromatic carbocycles. The van der Waals surface area contributed by atoms with Crippen molar-refractivity contribution >= 4 is 17.7 Å². The highest BCUT2D eigenvalue weighted by atomic mass is 15.3. The first-order valence-corrected chi connectivity index (χ1v) is 13.7. The second-order valence-corrected chi connectivity index (χ2v) is 10.6. The summed E-state index contributed by atoms with van der Waals surface area (Å²) in [6.07, 6.45) is 11.5. The van der Waals surface area contributed by atoms with Crippen molar-refractivity contribution in [1.82, 2.24) is 24.2 Å². The Balaban J connectivity index is 1.47. The lowest BCUT2D eigenvalue weighted by Crippen LogP contribution is -2.42. The van der Waals surface area contributed by atoms with Gasteiger partial charge in [-0.25, -0.2) is 4.98 Å². The highest BCUT2D eigenvalue weighted by Crippen LogP contribution is 2.34. The lowest BCUT2D eigenvalue weighted by Gasteiger charge is -2.36. The van der Waals surface area contributed by atoms with Crippen LogP contribution in [-0.4, -0.2) is 70.2 Å². The fourth-order valence-corrected chi connectivity index (χ4v) is 6.11. The largest absolute Gasteiger partial charge is 0.358 e. The number of piperidine rings is 1. The van der Waals surface area contributed by atoms with Crippen LogP contribution in [0.5, 0.6) is 0 Å². The SMILES string of the molecule is CCCCN(Cc1nc2cccc(N3CCC(N(C)C)CC3)n2c1C=N)[C@H]1CCCc2cccnc21. The number of aromatic nitrogens is 3. The molecule has 0 radical (unpaired) electrons. The molecule has 36 heavy (non-hydrogen) atoms. The van der Waals surface area contributed by atoms with Crippen molar-refractivity contribution in [3.63, 3.8) is 0 Å². The average Bonchev–Trinajstić information content (AvgIpc) is 3.28. The zero-order valence-electron chi connectivity index (χ0n) is 22.2. The molecule has 0 bridgehead atoms. The molecular formula is C29H41N7. The van der Waals surface area contributed by atoms with Gasteiger partial charge in [0.25, 0.3) is 0 Å². The molecule has 4 heterocycles. The molecule has 1 aliphatic heterocycles. The first kappa shape index (κ1) is 24.9. The number of anilines is 1. The fourth-order valence-electron chi connectivity index (χ4n) is 6.11. The predicted molar refractivity (Wildman–Crippen MR) is 147 cm³/mol. The second-order valence-electron chi connectivity index (χ2n) is 10.6. The number of hydrogen-bond donors (Lipinski definition) is 1. The number of nitrogens with zero attached hydrogens (tertiary/aromatic N) is 6. The van der Waals surface area contributed by atoms with Gasteiger partial charge in [0, 0.05) is 38.1 Å². The van der Waals surface area contributed by atoms with Crippen LogP contribution in [0, 0.1) is 5.41 Å². The van der Waals surface area contributed by atoms with Gasteiger partial charge in [-0.2, -0.15) is 0 Å². The van der Waals surface area contributed by atoms with Gasteiger partial charge >= 0.3 is 0 Å². The number of hydrogen-bond acceptors (Lipinski definition) is 6. The number of unbranched alkanes of at least 4 members (excludes halogenated alkanes) is 1. The molecule has 7 nitrogen and oxygen atoms in total. The highest BCUT2D eigenvalue weighted by Gasteiger charge is 2.29. The van der Waals surface area contributed by atoms with E-state index in [4.69, 9.17) is 15.4 Å². The summed E-state index contributed by atoms with van der Waals surface area (Å²) in [5.41, 5.74) is 5.48. The van der Waals surface area contributed by atoms with E-state index in [0.717, 1.165) is 87.6 Å². The zero-order chi connectivity index (χ0) is 25.1. The molecule has 1 N–H and O–H groups in total. The Morgan fingerprint density at radius 3 is 2.69 bits per heavy atom. The van der Waals surface area contributed by atoms with E-state index in [9.17, 15) is 0 Å². The van der Waals surface area contributed by atoms with Crippen LogP contribution >= 0.6 is 0 Å². The summed E-state index contributed by atoms with van der Waals surface area (Å²) in [6.45, 7) is 6.08. The van der Waals surface area contributed by atoms with Crippen molar-refractivity contribution in [2.75, 3.05) is 38.6 Å². The Morgan fingerprint density at radius 1 is 1.11 bits per heavy atom. The lowest BCUT2D eigenvalue weighted by atomic mass is 9.90. The minimum Gasteiger partial charge on any atom is -0.358 e. The van der Waals surface area contributed by atoms with E-state index in [-0.39, 0.29) is 0 Å². The van der Waals surface area contributed by atoms with Crippen molar-refractivity contribution in [3.8, 4) is 0 Å². The maximum absolute atomic E-state index is 8.38. The van der Waals surface area contributed by atoms with Gasteiger partial charge in [-0.3, -0.25) is 14.3 Å². The summed E-state index contributed by atoms with van der Waals surface area (Å²) in [7, 11) is 4.36. The fraction of sp³-hybridized carbons (Fsp3) is 0.552. The Morgan fingerprint density at radius 2 is 1.94 bits per heavy atom. The number of pyridine rings is 2. The van der Waals surface area contributed by atoms with Gasteiger partial charge < -0.3 is 15.2 Å². The Hall–Kier alpha value is -2.77. The van der Waals surface area contributed by atoms with E-state index >= 15 is 0 Å². The molecule has 7 heteroatoms. The molecule has 1 aliphatic carbocycles. The lowest BCUT2D eigenvalue weighted by molar-refractivity contribution is 0.161. The second kappa shape index (κ2) is 11.1. The van der Waals surface area contributed by atoms with Gasteiger partial charge in [-0.1, -0.05) is 25.5 Å². The zero-order valence-corrected chi connectivity index (χ0v) is 22.2. The van der Waals surface area contributed by atoms with E-state index in [0.29, 0.717) is 12.1 Å². The van der Waals surface area contributed by atoms with Crippen molar-refractivity contribution in [1.29, 1.82) is 5.41 Å². The molecule has 0 spiro atoms. The highest BCUT2D eigenvalue weighted by molar-refractivity contribution is 5.80. The average molecular weight is 488 g/mol. The smallest absolute Gasteiger partial charge is 0.139 e. The third-order valence-electron chi connectivity index (χ3n) is 8.15. The molecule has 192 valence electrons. The Labute approximate surface area is 215 Å². The van der Waals surface area contributed by atoms with Crippen molar-refractivity contribution < 1.29 is 0 Å². The van der Waals surface area contributed by atoms with E-state index in [2.05, 4.69) is 70.5 Å². The Bertz CT molecular complexity index is 1180. The van der Waals surface area contributed by atoms with Gasteiger partial charge in [-0.15, -0.1) is 0 Å². The molecule has 2 aliphatic rings. The van der Waals surface area contributed by atoms with E-state index < -0.39 is 0 Å². The minimum absolute atomic E-state index is 0.314. The molecule has 3 aromatic rings. The van der Waals surface area contributed by atoms with Crippen molar-refractivity contribution in [2.24, 2.45) is 0 Å². The summed E-state index contributed by atoms with van der Waals surface area (Å²) in [4.78, 5) is 17.3. The van der Waals surface area contributed by atoms with Crippen LogP contribution < -0.4 is 4.90 Å². The number of rotatable bonds is 9. The van der Waals surface area contributed by atoms with Crippen LogP contribution in [0.4, 0.5) is 5.82 Å². The summed E-state index contributed by atoms with van der Waals surface area (Å²) in [6, 6.07) is 11.7. The van der Waals surface area contributed by atoms with Crippen molar-refractivity contribution in [2.45, 2.75) is 70.5 Å². The molecule has 1 atom stereocenters. The monoisotopic (exact) mass is 487 g/mol. The topological polar surface area (TPSA) is 63.8 Å². The number of fused-ring (bicyclic) bond motifs is 2. The summed E-state index contributed by atoms with van der Waals surface area (Å²) < 4.78 is 2.21. The number of aryl methyl sites for hydroxylation is 1. The van der Waals surface area contributed by atoms with E-state index in [1.54, 1.807) is 0 Å². The quantitative estimate of drug-likeness (QED) is 0.433. The van der Waals surface area contributed by atoms with Crippen LogP contribution in [-0.2, 0) is 13.0 Å². The minimum atomic E-state index is 0.314. The van der Waals surface area contributed by atoms with Crippen LogP contribution in [0.2, 0.25) is 0 Å². The molecule has 0 amide bonds. The maximum atomic E-state index is 8.38. The van der Waals surface area contributed by atoms with Crippen LogP contribution in [0.15, 0.2) is 36.5 Å². The Kier molecular flexibility index (Phi) is 7.67. The van der Waals surface area contributed by atoms with Crippen LogP contribution in [0.25, 0.3) is 5.65 Å². The van der Waals surface area contributed by atoms with Crippen LogP contribution in [0.3, 0.4) is 0 Å². The standard InChI is InChI=1S/C29H41N7/c1-4-5-17-35(25-11-6-9-22-10-8-16-31-29(22)25)21-24-26(20-30)36-27(32-24)12-7-13-28(36)34-18-14-23(15-19-34)33(2)3/h7-8,10,12-13,16,20,23,25,30H,4-6,9,11,14-15,17-19,21H2,1-3H3/t25-/m0/s1. The van der Waals surface area contributed by atoms with Gasteiger partial charge in [0.15, 0.2) is 0 Å². The normalized spacial score (nSPS) is 18.8. The first-order chi connectivity index (χ1) is 17.6. The number of imidazole rings is 1. The summed E-state index contributed by atoms with van der Waals surface area (Å²) >= 11 is 0. The number of nitrogens with one attached hydrogen (secondary N) is 1. The van der Waals surface area contributed by atoms with Crippen molar-refractivity contribution in [3.05, 3.63) is 59.2 Å². The van der Waals surface area contributed by atoms with Gasteiger partial charge in [0.1, 0.15) is 11.5 Å².